The number of nitrogens with one attached hydrogen (secondary N) is 1. The van der Waals surface area contributed by atoms with Crippen molar-refractivity contribution < 1.29 is 0 Å². The van der Waals surface area contributed by atoms with E-state index in [0.29, 0.717) is 6.04 Å². The fraction of sp³-hybridized carbons (Fsp3) is 0.389. The van der Waals surface area contributed by atoms with Gasteiger partial charge in [-0.2, -0.15) is 0 Å². The third-order valence-electron chi connectivity index (χ3n) is 5.54. The van der Waals surface area contributed by atoms with Crippen LogP contribution in [0.1, 0.15) is 6.42 Å². The van der Waals surface area contributed by atoms with E-state index in [2.05, 4.69) is 42.8 Å². The Morgan fingerprint density at radius 2 is 2.08 bits per heavy atom. The van der Waals surface area contributed by atoms with Crippen molar-refractivity contribution in [2.24, 2.45) is 5.92 Å². The van der Waals surface area contributed by atoms with Crippen LogP contribution in [0.25, 0.3) is 22.3 Å². The molecule has 2 saturated heterocycles. The highest BCUT2D eigenvalue weighted by atomic mass is 15.3. The molecule has 0 aromatic carbocycles. The van der Waals surface area contributed by atoms with Gasteiger partial charge in [0.1, 0.15) is 5.65 Å². The molecular formula is C18H21N7. The quantitative estimate of drug-likeness (QED) is 0.742. The summed E-state index contributed by atoms with van der Waals surface area (Å²) in [6, 6.07) is 4.60. The first kappa shape index (κ1) is 14.7. The lowest BCUT2D eigenvalue weighted by Gasteiger charge is -2.27. The molecule has 0 spiro atoms. The first-order valence-electron chi connectivity index (χ1n) is 8.71. The second-order valence-electron chi connectivity index (χ2n) is 7.09. The van der Waals surface area contributed by atoms with Gasteiger partial charge in [-0.25, -0.2) is 15.0 Å². The second-order valence-corrected chi connectivity index (χ2v) is 7.09. The molecule has 0 saturated carbocycles. The van der Waals surface area contributed by atoms with Crippen molar-refractivity contribution in [1.82, 2.24) is 24.8 Å². The molecule has 0 amide bonds. The maximum Gasteiger partial charge on any atom is 0.220 e. The number of H-pyrrole nitrogens is 1. The van der Waals surface area contributed by atoms with Crippen LogP contribution in [0.3, 0.4) is 0 Å². The standard InChI is InChI=1S/C18H21N7/c1-24-9-11-4-7-25(15(11)10-24)14-3-6-20-17-16(14)12(8-22-17)13-2-5-21-18(19)23-13/h2-3,5-6,8,11,15H,4,7,9-10H2,1H3,(H,20,22)(H2,19,21,23). The number of nitrogen functional groups attached to an aromatic ring is 1. The molecule has 3 aromatic rings. The number of rotatable bonds is 2. The lowest BCUT2D eigenvalue weighted by Crippen LogP contribution is -2.34. The van der Waals surface area contributed by atoms with Gasteiger partial charge in [0.2, 0.25) is 5.95 Å². The fourth-order valence-electron chi connectivity index (χ4n) is 4.48. The Kier molecular flexibility index (Phi) is 3.18. The lowest BCUT2D eigenvalue weighted by atomic mass is 10.0. The van der Waals surface area contributed by atoms with Crippen LogP contribution in [-0.4, -0.2) is 57.6 Å². The molecule has 3 aromatic heterocycles. The minimum atomic E-state index is 0.288. The molecule has 2 atom stereocenters. The molecule has 3 N–H and O–H groups in total. The average molecular weight is 335 g/mol. The Labute approximate surface area is 145 Å². The predicted molar refractivity (Wildman–Crippen MR) is 98.3 cm³/mol. The topological polar surface area (TPSA) is 87.0 Å². The van der Waals surface area contributed by atoms with Gasteiger partial charge in [0.15, 0.2) is 0 Å². The summed E-state index contributed by atoms with van der Waals surface area (Å²) in [5.41, 5.74) is 9.77. The highest BCUT2D eigenvalue weighted by Gasteiger charge is 2.40. The zero-order valence-corrected chi connectivity index (χ0v) is 14.2. The van der Waals surface area contributed by atoms with E-state index >= 15 is 0 Å². The first-order chi connectivity index (χ1) is 12.2. The van der Waals surface area contributed by atoms with E-state index < -0.39 is 0 Å². The van der Waals surface area contributed by atoms with E-state index in [1.54, 1.807) is 6.20 Å². The van der Waals surface area contributed by atoms with Crippen LogP contribution in [-0.2, 0) is 0 Å². The first-order valence-corrected chi connectivity index (χ1v) is 8.71. The second kappa shape index (κ2) is 5.42. The van der Waals surface area contributed by atoms with Gasteiger partial charge in [-0.05, 0) is 31.5 Å². The number of fused-ring (bicyclic) bond motifs is 2. The molecular weight excluding hydrogens is 314 g/mol. The number of nitrogens with zero attached hydrogens (tertiary/aromatic N) is 5. The molecule has 2 aliphatic rings. The number of nitrogens with two attached hydrogens (primary N) is 1. The molecule has 5 heterocycles. The molecule has 2 aliphatic heterocycles. The van der Waals surface area contributed by atoms with E-state index in [1.807, 2.05) is 18.5 Å². The molecule has 7 heteroatoms. The van der Waals surface area contributed by atoms with Crippen molar-refractivity contribution in [3.63, 3.8) is 0 Å². The maximum atomic E-state index is 5.79. The summed E-state index contributed by atoms with van der Waals surface area (Å²) in [6.07, 6.45) is 6.80. The summed E-state index contributed by atoms with van der Waals surface area (Å²) >= 11 is 0. The Morgan fingerprint density at radius 3 is 2.96 bits per heavy atom. The molecule has 7 nitrogen and oxygen atoms in total. The zero-order chi connectivity index (χ0) is 17.0. The van der Waals surface area contributed by atoms with Crippen molar-refractivity contribution in [2.75, 3.05) is 37.3 Å². The average Bonchev–Trinajstić information content (AvgIpc) is 3.28. The van der Waals surface area contributed by atoms with Gasteiger partial charge in [0.05, 0.1) is 16.8 Å². The van der Waals surface area contributed by atoms with Crippen LogP contribution in [0.5, 0.6) is 0 Å². The van der Waals surface area contributed by atoms with Gasteiger partial charge in [0.25, 0.3) is 0 Å². The summed E-state index contributed by atoms with van der Waals surface area (Å²) < 4.78 is 0. The normalized spacial score (nSPS) is 23.5. The van der Waals surface area contributed by atoms with E-state index in [1.165, 1.54) is 18.7 Å². The van der Waals surface area contributed by atoms with Crippen molar-refractivity contribution in [1.29, 1.82) is 0 Å². The number of pyridine rings is 1. The summed E-state index contributed by atoms with van der Waals surface area (Å²) in [4.78, 5) is 21.2. The van der Waals surface area contributed by atoms with E-state index in [-0.39, 0.29) is 5.95 Å². The Morgan fingerprint density at radius 1 is 1.20 bits per heavy atom. The molecule has 0 aliphatic carbocycles. The number of hydrogen-bond donors (Lipinski definition) is 2. The van der Waals surface area contributed by atoms with Crippen molar-refractivity contribution in [2.45, 2.75) is 12.5 Å². The van der Waals surface area contributed by atoms with Gasteiger partial charge in [0, 0.05) is 49.8 Å². The van der Waals surface area contributed by atoms with Crippen LogP contribution in [0.15, 0.2) is 30.7 Å². The fourth-order valence-corrected chi connectivity index (χ4v) is 4.48. The number of hydrogen-bond acceptors (Lipinski definition) is 6. The van der Waals surface area contributed by atoms with Crippen LogP contribution < -0.4 is 10.6 Å². The monoisotopic (exact) mass is 335 g/mol. The summed E-state index contributed by atoms with van der Waals surface area (Å²) in [7, 11) is 2.21. The summed E-state index contributed by atoms with van der Waals surface area (Å²) in [5.74, 6) is 1.04. The summed E-state index contributed by atoms with van der Waals surface area (Å²) in [6.45, 7) is 3.41. The van der Waals surface area contributed by atoms with Crippen molar-refractivity contribution in [3.05, 3.63) is 30.7 Å². The van der Waals surface area contributed by atoms with E-state index in [4.69, 9.17) is 5.73 Å². The maximum absolute atomic E-state index is 5.79. The largest absolute Gasteiger partial charge is 0.368 e. The van der Waals surface area contributed by atoms with Crippen LogP contribution in [0, 0.1) is 5.92 Å². The Hall–Kier alpha value is -2.67. The molecule has 0 radical (unpaired) electrons. The number of anilines is 2. The Bertz CT molecular complexity index is 934. The lowest BCUT2D eigenvalue weighted by molar-refractivity contribution is 0.386. The molecule has 2 unspecified atom stereocenters. The van der Waals surface area contributed by atoms with Crippen LogP contribution in [0.4, 0.5) is 11.6 Å². The van der Waals surface area contributed by atoms with Gasteiger partial charge >= 0.3 is 0 Å². The predicted octanol–water partition coefficient (Wildman–Crippen LogP) is 1.74. The third-order valence-corrected chi connectivity index (χ3v) is 5.54. The SMILES string of the molecule is CN1CC2CCN(c3ccnc4[nH]cc(-c5ccnc(N)n5)c34)C2C1. The van der Waals surface area contributed by atoms with E-state index in [0.717, 1.165) is 41.3 Å². The van der Waals surface area contributed by atoms with Crippen LogP contribution >= 0.6 is 0 Å². The van der Waals surface area contributed by atoms with Crippen LogP contribution in [0.2, 0.25) is 0 Å². The molecule has 5 rings (SSSR count). The third kappa shape index (κ3) is 2.26. The number of likely N-dealkylation sites (N-methyl/N-ethyl adjacent to an activating group) is 1. The highest BCUT2D eigenvalue weighted by molar-refractivity contribution is 6.02. The van der Waals surface area contributed by atoms with Crippen molar-refractivity contribution in [3.8, 4) is 11.3 Å². The number of aromatic nitrogens is 4. The van der Waals surface area contributed by atoms with Crippen molar-refractivity contribution >= 4 is 22.7 Å². The minimum Gasteiger partial charge on any atom is -0.368 e. The minimum absolute atomic E-state index is 0.288. The smallest absolute Gasteiger partial charge is 0.220 e. The Balaban J connectivity index is 1.65. The molecule has 25 heavy (non-hydrogen) atoms. The molecule has 0 bridgehead atoms. The summed E-state index contributed by atoms with van der Waals surface area (Å²) in [5, 5.41) is 1.12. The number of likely N-dealkylation sites (tertiary alicyclic amines) is 1. The molecule has 128 valence electrons. The highest BCUT2D eigenvalue weighted by Crippen LogP contribution is 2.40. The van der Waals surface area contributed by atoms with Gasteiger partial charge in [-0.15, -0.1) is 0 Å². The van der Waals surface area contributed by atoms with Gasteiger partial charge in [-0.3, -0.25) is 0 Å². The number of aromatic amines is 1. The van der Waals surface area contributed by atoms with E-state index in [9.17, 15) is 0 Å². The molecule has 2 fully saturated rings. The van der Waals surface area contributed by atoms with Gasteiger partial charge < -0.3 is 20.5 Å². The van der Waals surface area contributed by atoms with Gasteiger partial charge in [-0.1, -0.05) is 0 Å². The zero-order valence-electron chi connectivity index (χ0n) is 14.2.